The Morgan fingerprint density at radius 2 is 1.85 bits per heavy atom. The number of hydrogen-bond donors (Lipinski definition) is 1. The number of ether oxygens (including phenoxy) is 2. The molecule has 11 heteroatoms. The van der Waals surface area contributed by atoms with Crippen molar-refractivity contribution in [2.75, 3.05) is 13.7 Å². The van der Waals surface area contributed by atoms with E-state index >= 15 is 0 Å². The highest BCUT2D eigenvalue weighted by molar-refractivity contribution is 5.86. The fraction of sp³-hybridized carbons (Fsp3) is 0.125. The van der Waals surface area contributed by atoms with Gasteiger partial charge in [0.1, 0.15) is 11.5 Å². The van der Waals surface area contributed by atoms with Crippen LogP contribution in [0.2, 0.25) is 0 Å². The smallest absolute Gasteiger partial charge is 0.277 e. The van der Waals surface area contributed by atoms with E-state index in [1.54, 1.807) is 0 Å². The van der Waals surface area contributed by atoms with Crippen LogP contribution in [-0.2, 0) is 4.79 Å². The highest BCUT2D eigenvalue weighted by atomic mass is 16.6. The molecule has 0 aliphatic carbocycles. The van der Waals surface area contributed by atoms with E-state index < -0.39 is 22.4 Å². The first-order chi connectivity index (χ1) is 12.9. The molecule has 0 saturated heterocycles. The molecule has 2 aromatic carbocycles. The van der Waals surface area contributed by atoms with Crippen LogP contribution in [0.1, 0.15) is 5.56 Å². The first-order valence-corrected chi connectivity index (χ1v) is 7.42. The molecule has 0 aliphatic heterocycles. The maximum atomic E-state index is 11.7. The quantitative estimate of drug-likeness (QED) is 0.422. The van der Waals surface area contributed by atoms with Crippen molar-refractivity contribution in [3.05, 3.63) is 68.3 Å². The standard InChI is InChI=1S/C16H14N4O7/c1-26-15-6-5-13(20(24)25)7-11(15)9-17-18-16(21)10-27-14-4-2-3-12(8-14)19(22)23/h2-9H,10H2,1H3,(H,18,21)/b17-9+. The Bertz CT molecular complexity index is 898. The second-order valence-electron chi connectivity index (χ2n) is 5.02. The lowest BCUT2D eigenvalue weighted by Gasteiger charge is -2.05. The van der Waals surface area contributed by atoms with Crippen LogP contribution in [0.5, 0.6) is 11.5 Å². The van der Waals surface area contributed by atoms with Crippen molar-refractivity contribution in [3.8, 4) is 11.5 Å². The van der Waals surface area contributed by atoms with Crippen LogP contribution in [-0.4, -0.2) is 35.7 Å². The average Bonchev–Trinajstić information content (AvgIpc) is 2.66. The van der Waals surface area contributed by atoms with E-state index in [4.69, 9.17) is 9.47 Å². The monoisotopic (exact) mass is 374 g/mol. The number of methoxy groups -OCH3 is 1. The van der Waals surface area contributed by atoms with Gasteiger partial charge >= 0.3 is 0 Å². The summed E-state index contributed by atoms with van der Waals surface area (Å²) < 4.78 is 10.2. The highest BCUT2D eigenvalue weighted by Gasteiger charge is 2.10. The zero-order chi connectivity index (χ0) is 19.8. The number of hydrogen-bond acceptors (Lipinski definition) is 8. The van der Waals surface area contributed by atoms with Crippen LogP contribution in [0.4, 0.5) is 11.4 Å². The highest BCUT2D eigenvalue weighted by Crippen LogP contribution is 2.22. The maximum absolute atomic E-state index is 11.7. The summed E-state index contributed by atoms with van der Waals surface area (Å²) in [5.74, 6) is -0.128. The number of benzene rings is 2. The number of hydrazone groups is 1. The average molecular weight is 374 g/mol. The minimum atomic E-state index is -0.623. The number of nitro groups is 2. The number of nitro benzene ring substituents is 2. The number of nitrogens with zero attached hydrogens (tertiary/aromatic N) is 3. The molecular weight excluding hydrogens is 360 g/mol. The number of carbonyl (C=O) groups is 1. The lowest BCUT2D eigenvalue weighted by atomic mass is 10.2. The molecule has 0 fully saturated rings. The number of amides is 1. The van der Waals surface area contributed by atoms with Gasteiger partial charge in [-0.2, -0.15) is 5.10 Å². The van der Waals surface area contributed by atoms with E-state index in [1.165, 1.54) is 55.8 Å². The molecule has 0 radical (unpaired) electrons. The van der Waals surface area contributed by atoms with Crippen molar-refractivity contribution in [2.45, 2.75) is 0 Å². The maximum Gasteiger partial charge on any atom is 0.277 e. The number of carbonyl (C=O) groups excluding carboxylic acids is 1. The van der Waals surface area contributed by atoms with Gasteiger partial charge in [0.25, 0.3) is 17.3 Å². The third-order valence-electron chi connectivity index (χ3n) is 3.22. The van der Waals surface area contributed by atoms with E-state index in [0.29, 0.717) is 11.3 Å². The Morgan fingerprint density at radius 3 is 2.52 bits per heavy atom. The van der Waals surface area contributed by atoms with Crippen molar-refractivity contribution in [2.24, 2.45) is 5.10 Å². The minimum Gasteiger partial charge on any atom is -0.496 e. The lowest BCUT2D eigenvalue weighted by molar-refractivity contribution is -0.385. The summed E-state index contributed by atoms with van der Waals surface area (Å²) in [4.78, 5) is 32.1. The molecule has 0 atom stereocenters. The predicted molar refractivity (Wildman–Crippen MR) is 94.0 cm³/mol. The van der Waals surface area contributed by atoms with E-state index in [1.807, 2.05) is 0 Å². The van der Waals surface area contributed by atoms with Gasteiger partial charge in [-0.1, -0.05) is 6.07 Å². The molecule has 0 aromatic heterocycles. The van der Waals surface area contributed by atoms with Crippen molar-refractivity contribution in [1.29, 1.82) is 0 Å². The second-order valence-corrected chi connectivity index (χ2v) is 5.02. The molecule has 11 nitrogen and oxygen atoms in total. The van der Waals surface area contributed by atoms with Crippen molar-refractivity contribution >= 4 is 23.5 Å². The topological polar surface area (TPSA) is 146 Å². The Hall–Kier alpha value is -4.02. The summed E-state index contributed by atoms with van der Waals surface area (Å²) in [6, 6.07) is 9.31. The molecule has 27 heavy (non-hydrogen) atoms. The molecule has 0 spiro atoms. The SMILES string of the molecule is COc1ccc([N+](=O)[O-])cc1/C=N/NC(=O)COc1cccc([N+](=O)[O-])c1. The third kappa shape index (κ3) is 5.49. The molecule has 1 amide bonds. The summed E-state index contributed by atoms with van der Waals surface area (Å²) in [6.07, 6.45) is 1.19. The largest absolute Gasteiger partial charge is 0.496 e. The number of non-ortho nitro benzene ring substituents is 2. The predicted octanol–water partition coefficient (Wildman–Crippen LogP) is 2.04. The Morgan fingerprint density at radius 1 is 1.15 bits per heavy atom. The molecular formula is C16H14N4O7. The van der Waals surface area contributed by atoms with Gasteiger partial charge in [0, 0.05) is 23.8 Å². The van der Waals surface area contributed by atoms with Gasteiger partial charge in [-0.3, -0.25) is 25.0 Å². The normalized spacial score (nSPS) is 10.4. The van der Waals surface area contributed by atoms with Gasteiger partial charge < -0.3 is 9.47 Å². The summed E-state index contributed by atoms with van der Waals surface area (Å²) >= 11 is 0. The molecule has 0 saturated carbocycles. The summed E-state index contributed by atoms with van der Waals surface area (Å²) in [6.45, 7) is -0.426. The Kier molecular flexibility index (Phi) is 6.36. The summed E-state index contributed by atoms with van der Waals surface area (Å²) in [5.41, 5.74) is 2.16. The van der Waals surface area contributed by atoms with Gasteiger partial charge in [0.05, 0.1) is 29.2 Å². The van der Waals surface area contributed by atoms with E-state index in [-0.39, 0.29) is 17.1 Å². The minimum absolute atomic E-state index is 0.155. The van der Waals surface area contributed by atoms with Crippen LogP contribution in [0.3, 0.4) is 0 Å². The van der Waals surface area contributed by atoms with E-state index in [9.17, 15) is 25.0 Å². The molecule has 0 heterocycles. The van der Waals surface area contributed by atoms with Crippen LogP contribution >= 0.6 is 0 Å². The first kappa shape index (κ1) is 19.3. The molecule has 0 aliphatic rings. The summed E-state index contributed by atoms with van der Waals surface area (Å²) in [7, 11) is 1.39. The third-order valence-corrected chi connectivity index (χ3v) is 3.22. The number of rotatable bonds is 8. The fourth-order valence-electron chi connectivity index (χ4n) is 1.98. The second kappa shape index (κ2) is 8.89. The molecule has 1 N–H and O–H groups in total. The molecule has 0 bridgehead atoms. The zero-order valence-electron chi connectivity index (χ0n) is 14.0. The van der Waals surface area contributed by atoms with Gasteiger partial charge in [-0.15, -0.1) is 0 Å². The van der Waals surface area contributed by atoms with E-state index in [0.717, 1.165) is 0 Å². The van der Waals surface area contributed by atoms with Gasteiger partial charge in [0.15, 0.2) is 6.61 Å². The van der Waals surface area contributed by atoms with Crippen LogP contribution in [0, 0.1) is 20.2 Å². The van der Waals surface area contributed by atoms with Crippen LogP contribution < -0.4 is 14.9 Å². The molecule has 2 aromatic rings. The van der Waals surface area contributed by atoms with Crippen molar-refractivity contribution < 1.29 is 24.1 Å². The molecule has 140 valence electrons. The van der Waals surface area contributed by atoms with Crippen LogP contribution in [0.15, 0.2) is 47.6 Å². The first-order valence-electron chi connectivity index (χ1n) is 7.42. The molecule has 2 rings (SSSR count). The van der Waals surface area contributed by atoms with E-state index in [2.05, 4.69) is 10.5 Å². The summed E-state index contributed by atoms with van der Waals surface area (Å²) in [5, 5.41) is 25.2. The van der Waals surface area contributed by atoms with Crippen molar-refractivity contribution in [3.63, 3.8) is 0 Å². The Labute approximate surface area is 152 Å². The zero-order valence-corrected chi connectivity index (χ0v) is 14.0. The fourth-order valence-corrected chi connectivity index (χ4v) is 1.98. The van der Waals surface area contributed by atoms with Gasteiger partial charge in [-0.05, 0) is 12.1 Å². The van der Waals surface area contributed by atoms with Crippen molar-refractivity contribution in [1.82, 2.24) is 5.43 Å². The van der Waals surface area contributed by atoms with Gasteiger partial charge in [-0.25, -0.2) is 5.43 Å². The van der Waals surface area contributed by atoms with Gasteiger partial charge in [0.2, 0.25) is 0 Å². The lowest BCUT2D eigenvalue weighted by Crippen LogP contribution is -2.24. The molecule has 0 unspecified atom stereocenters. The number of nitrogens with one attached hydrogen (secondary N) is 1. The Balaban J connectivity index is 1.95. The van der Waals surface area contributed by atoms with Crippen LogP contribution in [0.25, 0.3) is 0 Å².